The van der Waals surface area contributed by atoms with Crippen LogP contribution in [-0.2, 0) is 4.79 Å². The predicted molar refractivity (Wildman–Crippen MR) is 74.7 cm³/mol. The molecule has 0 N–H and O–H groups in total. The minimum Gasteiger partial charge on any atom is -0.481 e. The number of amides is 1. The lowest BCUT2D eigenvalue weighted by atomic mass is 10.1. The smallest absolute Gasteiger partial charge is 0.227 e. The highest BCUT2D eigenvalue weighted by atomic mass is 16.5. The first-order chi connectivity index (χ1) is 9.78. The number of nitrogens with zero attached hydrogens (tertiary/aromatic N) is 4. The van der Waals surface area contributed by atoms with Crippen molar-refractivity contribution in [3.8, 4) is 5.88 Å². The summed E-state index contributed by atoms with van der Waals surface area (Å²) in [5.74, 6) is 1.82. The number of likely N-dealkylation sites (tertiary alicyclic amines) is 1. The molecular weight excluding hydrogens is 256 g/mol. The highest BCUT2D eigenvalue weighted by Gasteiger charge is 2.33. The Hall–Kier alpha value is -1.85. The molecule has 1 atom stereocenters. The van der Waals surface area contributed by atoms with Gasteiger partial charge in [0.2, 0.25) is 11.8 Å². The number of hydrogen-bond acceptors (Lipinski definition) is 5. The van der Waals surface area contributed by atoms with E-state index in [0.29, 0.717) is 11.8 Å². The van der Waals surface area contributed by atoms with Crippen LogP contribution in [0, 0.1) is 5.92 Å². The van der Waals surface area contributed by atoms with E-state index >= 15 is 0 Å². The number of carbonyl (C=O) groups excluding carboxylic acids is 1. The number of rotatable bonds is 3. The average molecular weight is 276 g/mol. The Bertz CT molecular complexity index is 488. The summed E-state index contributed by atoms with van der Waals surface area (Å²) in [6.45, 7) is 3.47. The summed E-state index contributed by atoms with van der Waals surface area (Å²) < 4.78 is 5.12. The SMILES string of the molecule is COc1cc(N2CCC(C(=O)N3CCCC3)C2)ncn1. The van der Waals surface area contributed by atoms with Crippen LogP contribution in [0.2, 0.25) is 0 Å². The Balaban J connectivity index is 1.65. The van der Waals surface area contributed by atoms with E-state index in [1.807, 2.05) is 11.0 Å². The van der Waals surface area contributed by atoms with Crippen molar-refractivity contribution in [3.63, 3.8) is 0 Å². The minimum absolute atomic E-state index is 0.106. The lowest BCUT2D eigenvalue weighted by molar-refractivity contribution is -0.133. The number of anilines is 1. The zero-order valence-electron chi connectivity index (χ0n) is 11.8. The van der Waals surface area contributed by atoms with Crippen molar-refractivity contribution in [3.05, 3.63) is 12.4 Å². The molecule has 2 aliphatic heterocycles. The van der Waals surface area contributed by atoms with Gasteiger partial charge in [-0.3, -0.25) is 4.79 Å². The molecule has 3 rings (SSSR count). The molecule has 0 aliphatic carbocycles. The van der Waals surface area contributed by atoms with E-state index in [-0.39, 0.29) is 5.92 Å². The molecule has 1 unspecified atom stereocenters. The minimum atomic E-state index is 0.106. The summed E-state index contributed by atoms with van der Waals surface area (Å²) in [5.41, 5.74) is 0. The maximum absolute atomic E-state index is 12.4. The highest BCUT2D eigenvalue weighted by molar-refractivity contribution is 5.80. The number of methoxy groups -OCH3 is 1. The molecule has 6 heteroatoms. The average Bonchev–Trinajstić information content (AvgIpc) is 3.18. The summed E-state index contributed by atoms with van der Waals surface area (Å²) >= 11 is 0. The van der Waals surface area contributed by atoms with E-state index in [1.165, 1.54) is 6.33 Å². The molecule has 1 aromatic rings. The van der Waals surface area contributed by atoms with Crippen molar-refractivity contribution < 1.29 is 9.53 Å². The van der Waals surface area contributed by atoms with Gasteiger partial charge in [0, 0.05) is 32.2 Å². The molecule has 0 aromatic carbocycles. The van der Waals surface area contributed by atoms with Crippen molar-refractivity contribution in [1.29, 1.82) is 0 Å². The molecule has 2 saturated heterocycles. The van der Waals surface area contributed by atoms with Gasteiger partial charge in [-0.1, -0.05) is 0 Å². The lowest BCUT2D eigenvalue weighted by Gasteiger charge is -2.21. The van der Waals surface area contributed by atoms with Gasteiger partial charge >= 0.3 is 0 Å². The van der Waals surface area contributed by atoms with Gasteiger partial charge in [0.25, 0.3) is 0 Å². The molecule has 0 saturated carbocycles. The maximum atomic E-state index is 12.4. The van der Waals surface area contributed by atoms with Crippen LogP contribution in [0.4, 0.5) is 5.82 Å². The molecule has 3 heterocycles. The summed E-state index contributed by atoms with van der Waals surface area (Å²) in [4.78, 5) is 24.8. The molecule has 20 heavy (non-hydrogen) atoms. The van der Waals surface area contributed by atoms with Crippen molar-refractivity contribution in [1.82, 2.24) is 14.9 Å². The molecule has 2 aliphatic rings. The van der Waals surface area contributed by atoms with E-state index in [4.69, 9.17) is 4.74 Å². The van der Waals surface area contributed by atoms with Crippen LogP contribution in [0.25, 0.3) is 0 Å². The van der Waals surface area contributed by atoms with E-state index in [0.717, 1.165) is 51.3 Å². The zero-order chi connectivity index (χ0) is 13.9. The second-order valence-electron chi connectivity index (χ2n) is 5.38. The molecule has 0 radical (unpaired) electrons. The first kappa shape index (κ1) is 13.1. The molecule has 1 amide bonds. The summed E-state index contributed by atoms with van der Waals surface area (Å²) in [6.07, 6.45) is 4.70. The Morgan fingerprint density at radius 3 is 2.85 bits per heavy atom. The van der Waals surface area contributed by atoms with Gasteiger partial charge in [0.05, 0.1) is 13.0 Å². The quantitative estimate of drug-likeness (QED) is 0.822. The van der Waals surface area contributed by atoms with Gasteiger partial charge in [-0.2, -0.15) is 0 Å². The van der Waals surface area contributed by atoms with Gasteiger partial charge in [-0.05, 0) is 19.3 Å². The molecule has 0 bridgehead atoms. The molecular formula is C14H20N4O2. The normalized spacial score (nSPS) is 22.4. The number of hydrogen-bond donors (Lipinski definition) is 0. The summed E-state index contributed by atoms with van der Waals surface area (Å²) in [5, 5.41) is 0. The third-order valence-corrected chi connectivity index (χ3v) is 4.12. The fraction of sp³-hybridized carbons (Fsp3) is 0.643. The molecule has 1 aromatic heterocycles. The van der Waals surface area contributed by atoms with Crippen LogP contribution in [0.1, 0.15) is 19.3 Å². The van der Waals surface area contributed by atoms with Gasteiger partial charge in [0.15, 0.2) is 0 Å². The van der Waals surface area contributed by atoms with Crippen LogP contribution in [-0.4, -0.2) is 54.1 Å². The van der Waals surface area contributed by atoms with Gasteiger partial charge < -0.3 is 14.5 Å². The Labute approximate surface area is 118 Å². The van der Waals surface area contributed by atoms with E-state index < -0.39 is 0 Å². The van der Waals surface area contributed by atoms with Crippen molar-refractivity contribution in [2.24, 2.45) is 5.92 Å². The van der Waals surface area contributed by atoms with Crippen molar-refractivity contribution in [2.75, 3.05) is 38.2 Å². The number of carbonyl (C=O) groups is 1. The third-order valence-electron chi connectivity index (χ3n) is 4.12. The van der Waals surface area contributed by atoms with Crippen molar-refractivity contribution in [2.45, 2.75) is 19.3 Å². The predicted octanol–water partition coefficient (Wildman–Crippen LogP) is 0.934. The third kappa shape index (κ3) is 2.55. The second kappa shape index (κ2) is 5.64. The van der Waals surface area contributed by atoms with E-state index in [9.17, 15) is 4.79 Å². The van der Waals surface area contributed by atoms with Crippen LogP contribution in [0.15, 0.2) is 12.4 Å². The first-order valence-corrected chi connectivity index (χ1v) is 7.17. The van der Waals surface area contributed by atoms with Crippen LogP contribution < -0.4 is 9.64 Å². The number of aromatic nitrogens is 2. The maximum Gasteiger partial charge on any atom is 0.227 e. The zero-order valence-corrected chi connectivity index (χ0v) is 11.8. The van der Waals surface area contributed by atoms with E-state index in [2.05, 4.69) is 14.9 Å². The Morgan fingerprint density at radius 2 is 2.10 bits per heavy atom. The number of ether oxygens (including phenoxy) is 1. The Morgan fingerprint density at radius 1 is 1.30 bits per heavy atom. The van der Waals surface area contributed by atoms with Crippen LogP contribution >= 0.6 is 0 Å². The Kier molecular flexibility index (Phi) is 3.71. The topological polar surface area (TPSA) is 58.6 Å². The fourth-order valence-corrected chi connectivity index (χ4v) is 2.98. The van der Waals surface area contributed by atoms with Gasteiger partial charge in [-0.25, -0.2) is 9.97 Å². The van der Waals surface area contributed by atoms with Gasteiger partial charge in [0.1, 0.15) is 12.1 Å². The molecule has 6 nitrogen and oxygen atoms in total. The summed E-state index contributed by atoms with van der Waals surface area (Å²) in [6, 6.07) is 1.82. The van der Waals surface area contributed by atoms with Gasteiger partial charge in [-0.15, -0.1) is 0 Å². The lowest BCUT2D eigenvalue weighted by Crippen LogP contribution is -2.35. The molecule has 0 spiro atoms. The highest BCUT2D eigenvalue weighted by Crippen LogP contribution is 2.26. The van der Waals surface area contributed by atoms with Crippen molar-refractivity contribution >= 4 is 11.7 Å². The monoisotopic (exact) mass is 276 g/mol. The fourth-order valence-electron chi connectivity index (χ4n) is 2.98. The van der Waals surface area contributed by atoms with Crippen LogP contribution in [0.5, 0.6) is 5.88 Å². The standard InChI is InChI=1S/C14H20N4O2/c1-20-13-8-12(15-10-16-13)18-7-4-11(9-18)14(19)17-5-2-3-6-17/h8,10-11H,2-7,9H2,1H3. The van der Waals surface area contributed by atoms with Crippen LogP contribution in [0.3, 0.4) is 0 Å². The van der Waals surface area contributed by atoms with E-state index in [1.54, 1.807) is 7.11 Å². The molecule has 2 fully saturated rings. The molecule has 108 valence electrons. The summed E-state index contributed by atoms with van der Waals surface area (Å²) in [7, 11) is 1.59. The second-order valence-corrected chi connectivity index (χ2v) is 5.38. The first-order valence-electron chi connectivity index (χ1n) is 7.17. The largest absolute Gasteiger partial charge is 0.481 e.